The van der Waals surface area contributed by atoms with Crippen molar-refractivity contribution in [1.82, 2.24) is 19.6 Å². The lowest BCUT2D eigenvalue weighted by atomic mass is 10.0. The van der Waals surface area contributed by atoms with Crippen LogP contribution in [-0.2, 0) is 0 Å². The van der Waals surface area contributed by atoms with Gasteiger partial charge < -0.3 is 4.90 Å². The molecule has 4 rings (SSSR count). The summed E-state index contributed by atoms with van der Waals surface area (Å²) in [5.41, 5.74) is 0.673. The first-order chi connectivity index (χ1) is 13.0. The molecule has 6 nitrogen and oxygen atoms in total. The van der Waals surface area contributed by atoms with Crippen LogP contribution in [0.2, 0.25) is 15.1 Å². The van der Waals surface area contributed by atoms with E-state index in [0.717, 1.165) is 25.9 Å². The quantitative estimate of drug-likeness (QED) is 0.631. The average Bonchev–Trinajstić information content (AvgIpc) is 3.20. The molecule has 1 fully saturated rings. The number of halogens is 3. The number of piperidine rings is 1. The first-order valence-corrected chi connectivity index (χ1v) is 9.65. The maximum Gasteiger partial charge on any atom is 0.292 e. The van der Waals surface area contributed by atoms with Gasteiger partial charge >= 0.3 is 0 Å². The van der Waals surface area contributed by atoms with Crippen LogP contribution in [0.3, 0.4) is 0 Å². The van der Waals surface area contributed by atoms with Crippen LogP contribution in [0, 0.1) is 0 Å². The van der Waals surface area contributed by atoms with E-state index < -0.39 is 5.56 Å². The summed E-state index contributed by atoms with van der Waals surface area (Å²) in [6.45, 7) is 1.55. The molecule has 3 heterocycles. The van der Waals surface area contributed by atoms with Gasteiger partial charge in [0.1, 0.15) is 5.02 Å². The normalized spacial score (nSPS) is 15.3. The Morgan fingerprint density at radius 1 is 1.04 bits per heavy atom. The second-order valence-electron chi connectivity index (χ2n) is 6.36. The van der Waals surface area contributed by atoms with Crippen LogP contribution in [0.5, 0.6) is 0 Å². The zero-order chi connectivity index (χ0) is 19.0. The minimum atomic E-state index is -0.410. The first-order valence-electron chi connectivity index (χ1n) is 8.52. The van der Waals surface area contributed by atoms with Gasteiger partial charge in [0, 0.05) is 30.5 Å². The highest BCUT2D eigenvalue weighted by atomic mass is 35.5. The Bertz CT molecular complexity index is 1010. The molecule has 0 amide bonds. The summed E-state index contributed by atoms with van der Waals surface area (Å²) in [6, 6.07) is 7.14. The third-order valence-electron chi connectivity index (χ3n) is 4.74. The van der Waals surface area contributed by atoms with Gasteiger partial charge in [-0.2, -0.15) is 14.9 Å². The molecule has 0 atom stereocenters. The topological polar surface area (TPSA) is 56.0 Å². The van der Waals surface area contributed by atoms with Crippen LogP contribution in [0.4, 0.5) is 5.69 Å². The first kappa shape index (κ1) is 18.3. The zero-order valence-corrected chi connectivity index (χ0v) is 16.5. The molecule has 27 heavy (non-hydrogen) atoms. The molecule has 1 aliphatic heterocycles. The number of rotatable bonds is 3. The molecule has 140 valence electrons. The third-order valence-corrected chi connectivity index (χ3v) is 5.64. The molecule has 0 N–H and O–H groups in total. The second kappa shape index (κ2) is 7.54. The summed E-state index contributed by atoms with van der Waals surface area (Å²) in [7, 11) is 0. The molecule has 9 heteroatoms. The molecule has 0 saturated carbocycles. The molecular weight excluding hydrogens is 409 g/mol. The van der Waals surface area contributed by atoms with E-state index in [1.54, 1.807) is 30.6 Å². The van der Waals surface area contributed by atoms with Crippen molar-refractivity contribution in [3.8, 4) is 5.69 Å². The van der Waals surface area contributed by atoms with Crippen LogP contribution in [0.1, 0.15) is 18.9 Å². The molecule has 1 aliphatic rings. The Labute approximate surface area is 170 Å². The van der Waals surface area contributed by atoms with E-state index in [9.17, 15) is 4.79 Å². The Morgan fingerprint density at radius 3 is 2.48 bits per heavy atom. The van der Waals surface area contributed by atoms with Gasteiger partial charge in [-0.25, -0.2) is 0 Å². The largest absolute Gasteiger partial charge is 0.369 e. The summed E-state index contributed by atoms with van der Waals surface area (Å²) >= 11 is 18.5. The van der Waals surface area contributed by atoms with Crippen LogP contribution in [0.15, 0.2) is 47.7 Å². The van der Waals surface area contributed by atoms with Gasteiger partial charge in [-0.15, -0.1) is 0 Å². The fourth-order valence-corrected chi connectivity index (χ4v) is 4.07. The van der Waals surface area contributed by atoms with Crippen LogP contribution in [-0.4, -0.2) is 32.7 Å². The second-order valence-corrected chi connectivity index (χ2v) is 7.58. The van der Waals surface area contributed by atoms with Gasteiger partial charge in [-0.3, -0.25) is 9.48 Å². The molecule has 0 unspecified atom stereocenters. The van der Waals surface area contributed by atoms with Crippen LogP contribution >= 0.6 is 34.8 Å². The summed E-state index contributed by atoms with van der Waals surface area (Å²) in [5.74, 6) is 0. The summed E-state index contributed by atoms with van der Waals surface area (Å²) in [4.78, 5) is 14.8. The summed E-state index contributed by atoms with van der Waals surface area (Å²) in [6.07, 6.45) is 7.22. The van der Waals surface area contributed by atoms with Crippen LogP contribution in [0.25, 0.3) is 5.69 Å². The van der Waals surface area contributed by atoms with Gasteiger partial charge in [0.05, 0.1) is 28.6 Å². The van der Waals surface area contributed by atoms with E-state index in [1.165, 1.54) is 4.68 Å². The number of hydrogen-bond acceptors (Lipinski definition) is 4. The monoisotopic (exact) mass is 423 g/mol. The standard InChI is InChI=1S/C18H16Cl3N5O/c19-12-2-3-15(14(20)10-12)26-18(27)17(21)16(11-23-26)24-8-4-13(5-9-24)25-7-1-6-22-25/h1-3,6-7,10-11,13H,4-5,8-9H2. The Hall–Kier alpha value is -2.02. The van der Waals surface area contributed by atoms with Crippen molar-refractivity contribution in [3.63, 3.8) is 0 Å². The van der Waals surface area contributed by atoms with Gasteiger partial charge in [0.15, 0.2) is 0 Å². The highest BCUT2D eigenvalue weighted by molar-refractivity contribution is 6.36. The predicted octanol–water partition coefficient (Wildman–Crippen LogP) is 4.23. The Morgan fingerprint density at radius 2 is 1.81 bits per heavy atom. The van der Waals surface area contributed by atoms with Crippen molar-refractivity contribution in [2.24, 2.45) is 0 Å². The number of nitrogens with zero attached hydrogens (tertiary/aromatic N) is 5. The molecule has 0 radical (unpaired) electrons. The van der Waals surface area contributed by atoms with E-state index in [4.69, 9.17) is 34.8 Å². The summed E-state index contributed by atoms with van der Waals surface area (Å²) in [5, 5.41) is 9.54. The van der Waals surface area contributed by atoms with Gasteiger partial charge in [0.25, 0.3) is 5.56 Å². The van der Waals surface area contributed by atoms with Gasteiger partial charge in [-0.1, -0.05) is 34.8 Å². The Balaban J connectivity index is 1.59. The van der Waals surface area contributed by atoms with E-state index in [0.29, 0.717) is 27.5 Å². The maximum absolute atomic E-state index is 12.8. The fourth-order valence-electron chi connectivity index (χ4n) is 3.34. The van der Waals surface area contributed by atoms with E-state index in [-0.39, 0.29) is 5.02 Å². The van der Waals surface area contributed by atoms with Gasteiger partial charge in [-0.05, 0) is 37.1 Å². The lowest BCUT2D eigenvalue weighted by Gasteiger charge is -2.33. The molecule has 0 aliphatic carbocycles. The summed E-state index contributed by atoms with van der Waals surface area (Å²) < 4.78 is 3.18. The molecule has 2 aromatic heterocycles. The van der Waals surface area contributed by atoms with Crippen LogP contribution < -0.4 is 10.5 Å². The van der Waals surface area contributed by atoms with E-state index in [1.807, 2.05) is 16.9 Å². The SMILES string of the molecule is O=c1c(Cl)c(N2CCC(n3cccn3)CC2)cnn1-c1ccc(Cl)cc1Cl. The van der Waals surface area contributed by atoms with Gasteiger partial charge in [0.2, 0.25) is 0 Å². The van der Waals surface area contributed by atoms with E-state index in [2.05, 4.69) is 15.1 Å². The van der Waals surface area contributed by atoms with Crippen molar-refractivity contribution in [1.29, 1.82) is 0 Å². The number of benzene rings is 1. The number of hydrogen-bond donors (Lipinski definition) is 0. The van der Waals surface area contributed by atoms with Crippen molar-refractivity contribution in [3.05, 3.63) is 68.3 Å². The minimum absolute atomic E-state index is 0.133. The average molecular weight is 425 g/mol. The third kappa shape index (κ3) is 3.57. The van der Waals surface area contributed by atoms with Crippen molar-refractivity contribution in [2.75, 3.05) is 18.0 Å². The fraction of sp³-hybridized carbons (Fsp3) is 0.278. The van der Waals surface area contributed by atoms with E-state index >= 15 is 0 Å². The Kier molecular flexibility index (Phi) is 5.12. The predicted molar refractivity (Wildman–Crippen MR) is 108 cm³/mol. The number of anilines is 1. The lowest BCUT2D eigenvalue weighted by Crippen LogP contribution is -2.36. The molecular formula is C18H16Cl3N5O. The highest BCUT2D eigenvalue weighted by Crippen LogP contribution is 2.30. The smallest absolute Gasteiger partial charge is 0.292 e. The molecule has 3 aromatic rings. The molecule has 1 aromatic carbocycles. The highest BCUT2D eigenvalue weighted by Gasteiger charge is 2.24. The van der Waals surface area contributed by atoms with Crippen molar-refractivity contribution < 1.29 is 0 Å². The molecule has 1 saturated heterocycles. The zero-order valence-electron chi connectivity index (χ0n) is 14.2. The van der Waals surface area contributed by atoms with Crippen molar-refractivity contribution in [2.45, 2.75) is 18.9 Å². The lowest BCUT2D eigenvalue weighted by molar-refractivity contribution is 0.366. The number of aromatic nitrogens is 4. The molecule has 0 bridgehead atoms. The molecule has 0 spiro atoms. The van der Waals surface area contributed by atoms with Crippen molar-refractivity contribution >= 4 is 40.5 Å². The minimum Gasteiger partial charge on any atom is -0.369 e. The maximum atomic E-state index is 12.8.